The Hall–Kier alpha value is -3.19. The summed E-state index contributed by atoms with van der Waals surface area (Å²) in [7, 11) is 0. The molecular weight excluding hydrogens is 394 g/mol. The summed E-state index contributed by atoms with van der Waals surface area (Å²) < 4.78 is 1.80. The molecule has 0 atom stereocenters. The second-order valence-corrected chi connectivity index (χ2v) is 6.40. The first-order valence-corrected chi connectivity index (χ1v) is 8.60. The number of aromatic nitrogens is 3. The highest BCUT2D eigenvalue weighted by Crippen LogP contribution is 2.35. The lowest BCUT2D eigenvalue weighted by atomic mass is 10.1. The van der Waals surface area contributed by atoms with Crippen LogP contribution in [-0.4, -0.2) is 15.0 Å². The number of hydrogen-bond donors (Lipinski definition) is 2. The molecule has 4 rings (SSSR count). The second kappa shape index (κ2) is 6.61. The summed E-state index contributed by atoms with van der Waals surface area (Å²) in [6.07, 6.45) is 1.68. The van der Waals surface area contributed by atoms with E-state index in [9.17, 15) is 4.79 Å². The zero-order chi connectivity index (χ0) is 18.1. The fourth-order valence-electron chi connectivity index (χ4n) is 2.73. The van der Waals surface area contributed by atoms with Crippen LogP contribution in [0.3, 0.4) is 0 Å². The van der Waals surface area contributed by atoms with Gasteiger partial charge in [-0.15, -0.1) is 0 Å². The number of H-pyrrole nitrogens is 1. The van der Waals surface area contributed by atoms with Gasteiger partial charge in [-0.1, -0.05) is 24.3 Å². The van der Waals surface area contributed by atoms with Crippen molar-refractivity contribution in [3.05, 3.63) is 77.2 Å². The van der Waals surface area contributed by atoms with Gasteiger partial charge in [0.2, 0.25) is 11.5 Å². The number of benzene rings is 2. The molecule has 0 saturated heterocycles. The number of fused-ring (bicyclic) bond motifs is 1. The van der Waals surface area contributed by atoms with Gasteiger partial charge in [-0.3, -0.25) is 8.72 Å². The van der Waals surface area contributed by atoms with Crippen molar-refractivity contribution >= 4 is 44.5 Å². The van der Waals surface area contributed by atoms with Crippen LogP contribution < -0.4 is 15.2 Å². The van der Waals surface area contributed by atoms with E-state index in [-0.39, 0.29) is 11.5 Å². The van der Waals surface area contributed by atoms with Crippen LogP contribution >= 0.6 is 16.1 Å². The van der Waals surface area contributed by atoms with Gasteiger partial charge in [-0.05, 0) is 41.5 Å². The number of nitrogens with zero attached hydrogens (tertiary/aromatic N) is 3. The molecule has 7 heteroatoms. The van der Waals surface area contributed by atoms with Crippen LogP contribution in [0.2, 0.25) is 0 Å². The molecule has 26 heavy (non-hydrogen) atoms. The molecule has 2 heterocycles. The number of hydrogen-bond acceptors (Lipinski definition) is 5. The highest BCUT2D eigenvalue weighted by atomic mass is 79.9. The monoisotopic (exact) mass is 407 g/mol. The number of rotatable bonds is 3. The smallest absolute Gasteiger partial charge is 0.247 e. The zero-order valence-electron chi connectivity index (χ0n) is 13.6. The van der Waals surface area contributed by atoms with E-state index in [0.29, 0.717) is 5.82 Å². The number of nitrogen functional groups attached to an aromatic ring is 1. The van der Waals surface area contributed by atoms with Crippen molar-refractivity contribution in [2.75, 3.05) is 9.66 Å². The van der Waals surface area contributed by atoms with Crippen molar-refractivity contribution in [1.29, 1.82) is 0 Å². The van der Waals surface area contributed by atoms with Crippen molar-refractivity contribution in [3.8, 4) is 11.1 Å². The van der Waals surface area contributed by atoms with Gasteiger partial charge in [0, 0.05) is 17.6 Å². The summed E-state index contributed by atoms with van der Waals surface area (Å²) in [6.45, 7) is 0. The Labute approximate surface area is 157 Å². The molecule has 3 N–H and O–H groups in total. The van der Waals surface area contributed by atoms with E-state index in [1.807, 2.05) is 48.5 Å². The third kappa shape index (κ3) is 3.04. The molecule has 0 fully saturated rings. The third-order valence-electron chi connectivity index (χ3n) is 3.98. The SMILES string of the molecule is Nc1nc(N(Br)c2ccccc2)c2cc(-c3ccc(=O)[nH]c3)ccc2n1. The lowest BCUT2D eigenvalue weighted by Crippen LogP contribution is -2.07. The molecule has 2 aromatic heterocycles. The Balaban J connectivity index is 1.90. The van der Waals surface area contributed by atoms with Crippen molar-refractivity contribution in [2.24, 2.45) is 0 Å². The van der Waals surface area contributed by atoms with E-state index >= 15 is 0 Å². The fourth-order valence-corrected chi connectivity index (χ4v) is 3.24. The molecule has 128 valence electrons. The molecule has 0 spiro atoms. The Morgan fingerprint density at radius 1 is 0.962 bits per heavy atom. The Kier molecular flexibility index (Phi) is 4.14. The van der Waals surface area contributed by atoms with Gasteiger partial charge in [0.1, 0.15) is 0 Å². The summed E-state index contributed by atoms with van der Waals surface area (Å²) in [4.78, 5) is 22.7. The lowest BCUT2D eigenvalue weighted by Gasteiger charge is -2.18. The van der Waals surface area contributed by atoms with Gasteiger partial charge in [0.25, 0.3) is 0 Å². The average Bonchev–Trinajstić information content (AvgIpc) is 2.68. The molecule has 0 bridgehead atoms. The Bertz CT molecular complexity index is 1120. The maximum absolute atomic E-state index is 11.3. The van der Waals surface area contributed by atoms with Crippen molar-refractivity contribution in [2.45, 2.75) is 0 Å². The first-order valence-electron chi connectivity index (χ1n) is 7.89. The number of aromatic amines is 1. The molecular formula is C19H14BrN5O. The number of nitrogens with two attached hydrogens (primary N) is 1. The molecule has 0 aliphatic carbocycles. The van der Waals surface area contributed by atoms with E-state index in [1.165, 1.54) is 6.07 Å². The summed E-state index contributed by atoms with van der Waals surface area (Å²) in [6, 6.07) is 18.9. The minimum atomic E-state index is -0.137. The largest absolute Gasteiger partial charge is 0.368 e. The van der Waals surface area contributed by atoms with Gasteiger partial charge in [-0.2, -0.15) is 4.98 Å². The number of halogens is 1. The van der Waals surface area contributed by atoms with Crippen LogP contribution in [-0.2, 0) is 0 Å². The number of pyridine rings is 1. The lowest BCUT2D eigenvalue weighted by molar-refractivity contribution is 1.21. The fraction of sp³-hybridized carbons (Fsp3) is 0. The second-order valence-electron chi connectivity index (χ2n) is 5.70. The number of anilines is 3. The molecule has 0 unspecified atom stereocenters. The van der Waals surface area contributed by atoms with E-state index in [1.54, 1.807) is 16.2 Å². The maximum atomic E-state index is 11.3. The predicted molar refractivity (Wildman–Crippen MR) is 108 cm³/mol. The molecule has 2 aromatic carbocycles. The van der Waals surface area contributed by atoms with Crippen LogP contribution in [0.1, 0.15) is 0 Å². The van der Waals surface area contributed by atoms with E-state index < -0.39 is 0 Å². The number of para-hydroxylation sites is 1. The highest BCUT2D eigenvalue weighted by molar-refractivity contribution is 9.10. The minimum Gasteiger partial charge on any atom is -0.368 e. The topological polar surface area (TPSA) is 87.9 Å². The van der Waals surface area contributed by atoms with E-state index in [2.05, 4.69) is 31.1 Å². The van der Waals surface area contributed by atoms with Crippen molar-refractivity contribution < 1.29 is 0 Å². The molecule has 4 aromatic rings. The average molecular weight is 408 g/mol. The number of nitrogens with one attached hydrogen (secondary N) is 1. The van der Waals surface area contributed by atoms with E-state index in [0.717, 1.165) is 27.7 Å². The van der Waals surface area contributed by atoms with Crippen molar-refractivity contribution in [3.63, 3.8) is 0 Å². The Morgan fingerprint density at radius 2 is 1.73 bits per heavy atom. The van der Waals surface area contributed by atoms with Crippen LogP contribution in [0.4, 0.5) is 17.5 Å². The third-order valence-corrected chi connectivity index (χ3v) is 4.72. The normalized spacial score (nSPS) is 10.8. The molecule has 0 amide bonds. The Morgan fingerprint density at radius 3 is 2.46 bits per heavy atom. The van der Waals surface area contributed by atoms with Gasteiger partial charge in [-0.25, -0.2) is 4.98 Å². The van der Waals surface area contributed by atoms with Gasteiger partial charge in [0.15, 0.2) is 5.82 Å². The molecule has 0 saturated carbocycles. The molecule has 0 aliphatic rings. The van der Waals surface area contributed by atoms with Crippen LogP contribution in [0.25, 0.3) is 22.0 Å². The van der Waals surface area contributed by atoms with Crippen LogP contribution in [0.5, 0.6) is 0 Å². The predicted octanol–water partition coefficient (Wildman–Crippen LogP) is 4.02. The first-order chi connectivity index (χ1) is 12.6. The summed E-state index contributed by atoms with van der Waals surface area (Å²) in [5.41, 5.74) is 9.26. The van der Waals surface area contributed by atoms with Crippen molar-refractivity contribution in [1.82, 2.24) is 15.0 Å². The summed E-state index contributed by atoms with van der Waals surface area (Å²) in [5, 5.41) is 0.837. The molecule has 0 radical (unpaired) electrons. The highest BCUT2D eigenvalue weighted by Gasteiger charge is 2.14. The minimum absolute atomic E-state index is 0.137. The van der Waals surface area contributed by atoms with Crippen LogP contribution in [0, 0.1) is 0 Å². The summed E-state index contributed by atoms with van der Waals surface area (Å²) >= 11 is 3.58. The molecule has 0 aliphatic heterocycles. The van der Waals surface area contributed by atoms with Crippen LogP contribution in [0.15, 0.2) is 71.7 Å². The van der Waals surface area contributed by atoms with Gasteiger partial charge in [0.05, 0.1) is 27.4 Å². The maximum Gasteiger partial charge on any atom is 0.247 e. The molecule has 6 nitrogen and oxygen atoms in total. The quantitative estimate of drug-likeness (QED) is 0.500. The van der Waals surface area contributed by atoms with Gasteiger partial charge >= 0.3 is 0 Å². The first kappa shape index (κ1) is 16.3. The van der Waals surface area contributed by atoms with E-state index in [4.69, 9.17) is 5.73 Å². The van der Waals surface area contributed by atoms with Gasteiger partial charge < -0.3 is 10.7 Å². The standard InChI is InChI=1S/C19H14BrN5O/c20-25(14-4-2-1-3-5-14)18-15-10-12(13-7-9-17(26)22-11-13)6-8-16(15)23-19(21)24-18/h1-11H,(H,22,26)(H2,21,23,24). The zero-order valence-corrected chi connectivity index (χ0v) is 15.1. The summed E-state index contributed by atoms with van der Waals surface area (Å²) in [5.74, 6) is 0.842.